The summed E-state index contributed by atoms with van der Waals surface area (Å²) in [6.07, 6.45) is 9.70. The number of rotatable bonds is 5. The van der Waals surface area contributed by atoms with Gasteiger partial charge < -0.3 is 10.4 Å². The molecule has 0 aromatic rings. The Morgan fingerprint density at radius 1 is 1.16 bits per heavy atom. The first kappa shape index (κ1) is 13.9. The predicted octanol–water partition coefficient (Wildman–Crippen LogP) is 3.34. The summed E-state index contributed by atoms with van der Waals surface area (Å²) in [6, 6.07) is 0.568. The largest absolute Gasteiger partial charge is 0.389 e. The van der Waals surface area contributed by atoms with Gasteiger partial charge in [-0.15, -0.1) is 0 Å². The summed E-state index contributed by atoms with van der Waals surface area (Å²) in [4.78, 5) is 0. The van der Waals surface area contributed by atoms with Gasteiger partial charge in [0.05, 0.1) is 5.60 Å². The summed E-state index contributed by atoms with van der Waals surface area (Å²) in [5, 5.41) is 13.9. The first-order valence-corrected chi connectivity index (χ1v) is 8.38. The minimum Gasteiger partial charge on any atom is -0.389 e. The van der Waals surface area contributed by atoms with Crippen LogP contribution in [0, 0.1) is 23.2 Å². The van der Waals surface area contributed by atoms with Gasteiger partial charge in [-0.3, -0.25) is 0 Å². The maximum atomic E-state index is 10.2. The minimum atomic E-state index is -0.545. The molecule has 4 aliphatic carbocycles. The molecule has 2 N–H and O–H groups in total. The topological polar surface area (TPSA) is 32.3 Å². The molecule has 4 aliphatic rings. The van der Waals surface area contributed by atoms with E-state index in [1.165, 1.54) is 38.5 Å². The van der Waals surface area contributed by atoms with E-state index in [2.05, 4.69) is 19.2 Å². The van der Waals surface area contributed by atoms with E-state index < -0.39 is 5.60 Å². The van der Waals surface area contributed by atoms with Crippen LogP contribution in [0.25, 0.3) is 0 Å². The lowest BCUT2D eigenvalue weighted by atomic mass is 9.48. The van der Waals surface area contributed by atoms with Crippen molar-refractivity contribution in [3.63, 3.8) is 0 Å². The summed E-state index contributed by atoms with van der Waals surface area (Å²) >= 11 is 0. The Morgan fingerprint density at radius 3 is 2.05 bits per heavy atom. The molecule has 0 saturated heterocycles. The Kier molecular flexibility index (Phi) is 3.46. The lowest BCUT2D eigenvalue weighted by Crippen LogP contribution is -2.56. The van der Waals surface area contributed by atoms with Crippen molar-refractivity contribution in [2.24, 2.45) is 23.2 Å². The third kappa shape index (κ3) is 2.58. The molecular weight excluding hydrogens is 234 g/mol. The lowest BCUT2D eigenvalue weighted by molar-refractivity contribution is -0.0738. The Bertz CT molecular complexity index is 301. The number of hydrogen-bond acceptors (Lipinski definition) is 2. The van der Waals surface area contributed by atoms with Crippen molar-refractivity contribution < 1.29 is 5.11 Å². The zero-order valence-electron chi connectivity index (χ0n) is 12.9. The lowest BCUT2D eigenvalue weighted by Gasteiger charge is -2.59. The molecule has 0 aliphatic heterocycles. The van der Waals surface area contributed by atoms with E-state index >= 15 is 0 Å². The second-order valence-electron chi connectivity index (χ2n) is 8.23. The summed E-state index contributed by atoms with van der Waals surface area (Å²) < 4.78 is 0. The average molecular weight is 265 g/mol. The highest BCUT2D eigenvalue weighted by Gasteiger charge is 2.53. The number of hydrogen-bond donors (Lipinski definition) is 2. The molecule has 110 valence electrons. The fraction of sp³-hybridized carbons (Fsp3) is 1.00. The highest BCUT2D eigenvalue weighted by atomic mass is 16.3. The first-order valence-electron chi connectivity index (χ1n) is 8.38. The second-order valence-corrected chi connectivity index (χ2v) is 8.23. The molecule has 2 heteroatoms. The quantitative estimate of drug-likeness (QED) is 0.799. The number of aliphatic hydroxyl groups is 1. The molecule has 0 spiro atoms. The van der Waals surface area contributed by atoms with Gasteiger partial charge in [-0.05, 0) is 82.0 Å². The standard InChI is InChI=1S/C17H31NO/c1-4-16(3,19)11-18-12(2)17-8-13-5-14(9-17)7-15(6-13)10-17/h12-15,18-19H,4-11H2,1-3H3. The van der Waals surface area contributed by atoms with Crippen LogP contribution in [0.15, 0.2) is 0 Å². The van der Waals surface area contributed by atoms with Gasteiger partial charge in [0, 0.05) is 12.6 Å². The molecule has 0 amide bonds. The van der Waals surface area contributed by atoms with Crippen molar-refractivity contribution >= 4 is 0 Å². The Hall–Kier alpha value is -0.0800. The maximum Gasteiger partial charge on any atom is 0.0741 e. The third-order valence-corrected chi connectivity index (χ3v) is 6.55. The van der Waals surface area contributed by atoms with Crippen LogP contribution in [-0.4, -0.2) is 23.3 Å². The SMILES string of the molecule is CCC(C)(O)CNC(C)C12CC3CC(CC(C3)C1)C2. The minimum absolute atomic E-state index is 0.545. The number of nitrogens with one attached hydrogen (secondary N) is 1. The average Bonchev–Trinajstić information content (AvgIpc) is 2.34. The maximum absolute atomic E-state index is 10.2. The molecule has 0 aromatic heterocycles. The van der Waals surface area contributed by atoms with Gasteiger partial charge in [0.2, 0.25) is 0 Å². The summed E-state index contributed by atoms with van der Waals surface area (Å²) in [5.74, 6) is 3.05. The second kappa shape index (κ2) is 4.73. The fourth-order valence-corrected chi connectivity index (χ4v) is 5.42. The van der Waals surface area contributed by atoms with Crippen LogP contribution >= 0.6 is 0 Å². The third-order valence-electron chi connectivity index (χ3n) is 6.55. The van der Waals surface area contributed by atoms with Crippen molar-refractivity contribution in [1.82, 2.24) is 5.32 Å². The highest BCUT2D eigenvalue weighted by molar-refractivity contribution is 5.05. The van der Waals surface area contributed by atoms with Crippen molar-refractivity contribution in [3.05, 3.63) is 0 Å². The van der Waals surface area contributed by atoms with Crippen LogP contribution in [0.3, 0.4) is 0 Å². The van der Waals surface area contributed by atoms with E-state index in [1.54, 1.807) is 0 Å². The van der Waals surface area contributed by atoms with Crippen molar-refractivity contribution in [2.45, 2.75) is 77.4 Å². The molecule has 0 radical (unpaired) electrons. The molecule has 4 fully saturated rings. The van der Waals surface area contributed by atoms with Crippen molar-refractivity contribution in [1.29, 1.82) is 0 Å². The molecule has 4 rings (SSSR count). The van der Waals surface area contributed by atoms with Crippen LogP contribution < -0.4 is 5.32 Å². The molecule has 19 heavy (non-hydrogen) atoms. The van der Waals surface area contributed by atoms with Crippen molar-refractivity contribution in [2.75, 3.05) is 6.54 Å². The van der Waals surface area contributed by atoms with Gasteiger partial charge in [0.1, 0.15) is 0 Å². The Morgan fingerprint density at radius 2 is 1.63 bits per heavy atom. The highest BCUT2D eigenvalue weighted by Crippen LogP contribution is 2.61. The van der Waals surface area contributed by atoms with Crippen LogP contribution in [0.2, 0.25) is 0 Å². The Balaban J connectivity index is 1.64. The summed E-state index contributed by atoms with van der Waals surface area (Å²) in [5.41, 5.74) is 0.00905. The monoisotopic (exact) mass is 265 g/mol. The van der Waals surface area contributed by atoms with Crippen molar-refractivity contribution in [3.8, 4) is 0 Å². The fourth-order valence-electron chi connectivity index (χ4n) is 5.42. The van der Waals surface area contributed by atoms with E-state index in [0.717, 1.165) is 30.7 Å². The molecule has 2 atom stereocenters. The molecule has 0 heterocycles. The molecular formula is C17H31NO. The van der Waals surface area contributed by atoms with Gasteiger partial charge in [0.15, 0.2) is 0 Å². The zero-order chi connectivity index (χ0) is 13.7. The van der Waals surface area contributed by atoms with E-state index in [-0.39, 0.29) is 0 Å². The molecule has 4 saturated carbocycles. The van der Waals surface area contributed by atoms with Gasteiger partial charge >= 0.3 is 0 Å². The summed E-state index contributed by atoms with van der Waals surface area (Å²) in [6.45, 7) is 7.13. The predicted molar refractivity (Wildman–Crippen MR) is 79.0 cm³/mol. The van der Waals surface area contributed by atoms with Crippen LogP contribution in [0.4, 0.5) is 0 Å². The van der Waals surface area contributed by atoms with E-state index in [4.69, 9.17) is 0 Å². The normalized spacial score (nSPS) is 45.2. The van der Waals surface area contributed by atoms with E-state index in [0.29, 0.717) is 11.5 Å². The van der Waals surface area contributed by atoms with Gasteiger partial charge in [-0.25, -0.2) is 0 Å². The van der Waals surface area contributed by atoms with Crippen LogP contribution in [0.1, 0.15) is 65.7 Å². The van der Waals surface area contributed by atoms with Gasteiger partial charge in [-0.2, -0.15) is 0 Å². The van der Waals surface area contributed by atoms with Crippen LogP contribution in [0.5, 0.6) is 0 Å². The van der Waals surface area contributed by atoms with Crippen LogP contribution in [-0.2, 0) is 0 Å². The molecule has 4 bridgehead atoms. The van der Waals surface area contributed by atoms with Gasteiger partial charge in [0.25, 0.3) is 0 Å². The van der Waals surface area contributed by atoms with E-state index in [1.807, 2.05) is 6.92 Å². The van der Waals surface area contributed by atoms with Gasteiger partial charge in [-0.1, -0.05) is 6.92 Å². The first-order chi connectivity index (χ1) is 8.92. The smallest absolute Gasteiger partial charge is 0.0741 e. The zero-order valence-corrected chi connectivity index (χ0v) is 12.9. The van der Waals surface area contributed by atoms with E-state index in [9.17, 15) is 5.11 Å². The molecule has 0 aromatic carbocycles. The molecule has 2 unspecified atom stereocenters. The summed E-state index contributed by atoms with van der Waals surface area (Å²) in [7, 11) is 0. The molecule has 2 nitrogen and oxygen atoms in total. The Labute approximate surface area is 118 Å².